The summed E-state index contributed by atoms with van der Waals surface area (Å²) in [5.74, 6) is -1.04. The summed E-state index contributed by atoms with van der Waals surface area (Å²) in [4.78, 5) is 2.00. The average Bonchev–Trinajstić information content (AvgIpc) is 2.14. The van der Waals surface area contributed by atoms with Gasteiger partial charge in [0, 0.05) is 36.9 Å². The number of rotatable bonds is 1. The van der Waals surface area contributed by atoms with Gasteiger partial charge in [-0.15, -0.1) is 0 Å². The minimum atomic E-state index is -0.522. The monoisotopic (exact) mass is 226 g/mol. The van der Waals surface area contributed by atoms with Crippen LogP contribution in [-0.2, 0) is 0 Å². The molecule has 0 saturated carbocycles. The van der Waals surface area contributed by atoms with E-state index in [0.29, 0.717) is 5.69 Å². The Morgan fingerprint density at radius 1 is 1.19 bits per heavy atom. The Bertz CT molecular complexity index is 370. The first-order valence-corrected chi connectivity index (χ1v) is 5.42. The molecule has 1 fully saturated rings. The van der Waals surface area contributed by atoms with Crippen molar-refractivity contribution in [3.8, 4) is 0 Å². The molecule has 0 bridgehead atoms. The maximum absolute atomic E-state index is 13.1. The predicted molar refractivity (Wildman–Crippen MR) is 60.7 cm³/mol. The third kappa shape index (κ3) is 2.50. The number of piperazine rings is 1. The van der Waals surface area contributed by atoms with Gasteiger partial charge in [-0.1, -0.05) is 0 Å². The van der Waals surface area contributed by atoms with Crippen molar-refractivity contribution in [2.45, 2.75) is 19.4 Å². The van der Waals surface area contributed by atoms with E-state index in [0.717, 1.165) is 25.7 Å². The molecule has 1 N–H and O–H groups in total. The largest absolute Gasteiger partial charge is 0.368 e. The summed E-state index contributed by atoms with van der Waals surface area (Å²) in [6.45, 7) is 6.50. The first-order valence-electron chi connectivity index (χ1n) is 5.42. The fraction of sp³-hybridized carbons (Fsp3) is 0.500. The van der Waals surface area contributed by atoms with Crippen LogP contribution in [0.2, 0.25) is 0 Å². The molecule has 1 aromatic carbocycles. The highest BCUT2D eigenvalue weighted by molar-refractivity contribution is 5.48. The third-order valence-corrected chi connectivity index (χ3v) is 2.78. The maximum atomic E-state index is 13.1. The molecule has 2 rings (SSSR count). The molecule has 4 heteroatoms. The third-order valence-electron chi connectivity index (χ3n) is 2.78. The lowest BCUT2D eigenvalue weighted by Crippen LogP contribution is -2.57. The molecule has 88 valence electrons. The van der Waals surface area contributed by atoms with Gasteiger partial charge in [-0.05, 0) is 26.0 Å². The van der Waals surface area contributed by atoms with Gasteiger partial charge in [0.05, 0.1) is 0 Å². The van der Waals surface area contributed by atoms with Crippen LogP contribution >= 0.6 is 0 Å². The number of nitrogens with one attached hydrogen (secondary N) is 1. The topological polar surface area (TPSA) is 15.3 Å². The average molecular weight is 226 g/mol. The zero-order chi connectivity index (χ0) is 11.8. The van der Waals surface area contributed by atoms with Crippen LogP contribution in [0, 0.1) is 11.6 Å². The van der Waals surface area contributed by atoms with Crippen molar-refractivity contribution in [3.63, 3.8) is 0 Å². The van der Waals surface area contributed by atoms with Gasteiger partial charge in [0.15, 0.2) is 0 Å². The fourth-order valence-electron chi connectivity index (χ4n) is 2.08. The highest BCUT2D eigenvalue weighted by Gasteiger charge is 2.26. The van der Waals surface area contributed by atoms with E-state index >= 15 is 0 Å². The van der Waals surface area contributed by atoms with Crippen LogP contribution < -0.4 is 10.2 Å². The normalized spacial score (nSPS) is 19.9. The molecule has 0 radical (unpaired) electrons. The van der Waals surface area contributed by atoms with Crippen LogP contribution in [0.15, 0.2) is 18.2 Å². The summed E-state index contributed by atoms with van der Waals surface area (Å²) in [5.41, 5.74) is 0.591. The van der Waals surface area contributed by atoms with Crippen molar-refractivity contribution in [1.29, 1.82) is 0 Å². The molecule has 0 unspecified atom stereocenters. The summed E-state index contributed by atoms with van der Waals surface area (Å²) in [7, 11) is 0. The van der Waals surface area contributed by atoms with Crippen molar-refractivity contribution in [1.82, 2.24) is 5.32 Å². The lowest BCUT2D eigenvalue weighted by Gasteiger charge is -2.40. The molecule has 1 heterocycles. The number of hydrogen-bond acceptors (Lipinski definition) is 2. The summed E-state index contributed by atoms with van der Waals surface area (Å²) >= 11 is 0. The van der Waals surface area contributed by atoms with E-state index in [4.69, 9.17) is 0 Å². The fourth-order valence-corrected chi connectivity index (χ4v) is 2.08. The quantitative estimate of drug-likeness (QED) is 0.789. The Morgan fingerprint density at radius 2 is 1.81 bits per heavy atom. The zero-order valence-corrected chi connectivity index (χ0v) is 9.56. The Hall–Kier alpha value is -1.16. The molecule has 1 aromatic rings. The van der Waals surface area contributed by atoms with Gasteiger partial charge in [-0.2, -0.15) is 0 Å². The highest BCUT2D eigenvalue weighted by atomic mass is 19.1. The molecule has 1 aliphatic heterocycles. The van der Waals surface area contributed by atoms with Crippen LogP contribution in [0.25, 0.3) is 0 Å². The van der Waals surface area contributed by atoms with Crippen LogP contribution in [0.4, 0.5) is 14.5 Å². The first-order chi connectivity index (χ1) is 7.46. The Labute approximate surface area is 94.3 Å². The van der Waals surface area contributed by atoms with Gasteiger partial charge < -0.3 is 10.2 Å². The molecule has 0 aliphatic carbocycles. The predicted octanol–water partition coefficient (Wildman–Crippen LogP) is 2.15. The van der Waals surface area contributed by atoms with Crippen LogP contribution in [0.3, 0.4) is 0 Å². The summed E-state index contributed by atoms with van der Waals surface area (Å²) in [5, 5.41) is 3.36. The SMILES string of the molecule is CC1(C)CN(c2cc(F)cc(F)c2)CCN1. The van der Waals surface area contributed by atoms with Crippen LogP contribution in [0.1, 0.15) is 13.8 Å². The number of hydrogen-bond donors (Lipinski definition) is 1. The zero-order valence-electron chi connectivity index (χ0n) is 9.56. The second-order valence-electron chi connectivity index (χ2n) is 4.86. The summed E-state index contributed by atoms with van der Waals surface area (Å²) < 4.78 is 26.2. The molecular formula is C12H16F2N2. The maximum Gasteiger partial charge on any atom is 0.128 e. The molecule has 0 amide bonds. The Morgan fingerprint density at radius 3 is 2.38 bits per heavy atom. The van der Waals surface area contributed by atoms with Crippen molar-refractivity contribution in [3.05, 3.63) is 29.8 Å². The second-order valence-corrected chi connectivity index (χ2v) is 4.86. The van der Waals surface area contributed by atoms with Gasteiger partial charge in [0.25, 0.3) is 0 Å². The number of halogens is 2. The van der Waals surface area contributed by atoms with Crippen molar-refractivity contribution < 1.29 is 8.78 Å². The lowest BCUT2D eigenvalue weighted by atomic mass is 10.0. The van der Waals surface area contributed by atoms with Crippen LogP contribution in [0.5, 0.6) is 0 Å². The van der Waals surface area contributed by atoms with Crippen molar-refractivity contribution >= 4 is 5.69 Å². The Balaban J connectivity index is 2.23. The van der Waals surface area contributed by atoms with E-state index in [1.54, 1.807) is 0 Å². The number of benzene rings is 1. The number of nitrogens with zero attached hydrogens (tertiary/aromatic N) is 1. The molecular weight excluding hydrogens is 210 g/mol. The summed E-state index contributed by atoms with van der Waals surface area (Å²) in [6, 6.07) is 3.66. The van der Waals surface area contributed by atoms with E-state index in [9.17, 15) is 8.78 Å². The molecule has 0 spiro atoms. The van der Waals surface area contributed by atoms with E-state index < -0.39 is 11.6 Å². The standard InChI is InChI=1S/C12H16F2N2/c1-12(2)8-16(4-3-15-12)11-6-9(13)5-10(14)7-11/h5-7,15H,3-4,8H2,1-2H3. The van der Waals surface area contributed by atoms with Gasteiger partial charge >= 0.3 is 0 Å². The molecule has 1 saturated heterocycles. The lowest BCUT2D eigenvalue weighted by molar-refractivity contribution is 0.352. The molecule has 16 heavy (non-hydrogen) atoms. The highest BCUT2D eigenvalue weighted by Crippen LogP contribution is 2.21. The van der Waals surface area contributed by atoms with E-state index in [1.807, 2.05) is 4.90 Å². The molecule has 0 atom stereocenters. The van der Waals surface area contributed by atoms with Gasteiger partial charge in [0.1, 0.15) is 11.6 Å². The smallest absolute Gasteiger partial charge is 0.128 e. The van der Waals surface area contributed by atoms with Crippen molar-refractivity contribution in [2.24, 2.45) is 0 Å². The second kappa shape index (κ2) is 4.01. The van der Waals surface area contributed by atoms with E-state index in [2.05, 4.69) is 19.2 Å². The van der Waals surface area contributed by atoms with Gasteiger partial charge in [-0.3, -0.25) is 0 Å². The molecule has 0 aromatic heterocycles. The van der Waals surface area contributed by atoms with E-state index in [1.165, 1.54) is 12.1 Å². The van der Waals surface area contributed by atoms with E-state index in [-0.39, 0.29) is 5.54 Å². The minimum Gasteiger partial charge on any atom is -0.368 e. The molecule has 2 nitrogen and oxygen atoms in total. The molecule has 1 aliphatic rings. The minimum absolute atomic E-state index is 0.0267. The first kappa shape index (κ1) is 11.3. The summed E-state index contributed by atoms with van der Waals surface area (Å²) in [6.07, 6.45) is 0. The number of anilines is 1. The van der Waals surface area contributed by atoms with Crippen LogP contribution in [-0.4, -0.2) is 25.2 Å². The Kier molecular flexibility index (Phi) is 2.84. The van der Waals surface area contributed by atoms with Gasteiger partial charge in [-0.25, -0.2) is 8.78 Å². The van der Waals surface area contributed by atoms with Crippen molar-refractivity contribution in [2.75, 3.05) is 24.5 Å². The van der Waals surface area contributed by atoms with Gasteiger partial charge in [0.2, 0.25) is 0 Å².